The van der Waals surface area contributed by atoms with Crippen LogP contribution < -0.4 is 14.8 Å². The molecule has 7 heteroatoms. The average Bonchev–Trinajstić information content (AvgIpc) is 3.39. The number of carbonyl (C=O) groups excluding carboxylic acids is 1. The molecule has 1 aromatic heterocycles. The Balaban J connectivity index is 1.62. The number of carbonyl (C=O) groups is 1. The fourth-order valence-electron chi connectivity index (χ4n) is 3.25. The smallest absolute Gasteiger partial charge is 0.253 e. The number of benzene rings is 2. The molecule has 0 saturated carbocycles. The van der Waals surface area contributed by atoms with Crippen LogP contribution in [0.4, 0.5) is 0 Å². The Kier molecular flexibility index (Phi) is 8.90. The van der Waals surface area contributed by atoms with Crippen LogP contribution in [0.1, 0.15) is 17.2 Å². The summed E-state index contributed by atoms with van der Waals surface area (Å²) >= 11 is 1.64. The van der Waals surface area contributed by atoms with E-state index in [-0.39, 0.29) is 19.1 Å². The monoisotopic (exact) mass is 460 g/mol. The van der Waals surface area contributed by atoms with Gasteiger partial charge in [-0.1, -0.05) is 36.3 Å². The molecule has 2 aromatic carbocycles. The van der Waals surface area contributed by atoms with E-state index in [0.717, 1.165) is 22.3 Å². The summed E-state index contributed by atoms with van der Waals surface area (Å²) in [5.74, 6) is 3.21. The standard InChI is InChI=1S/C26H24N2O4S/c1-3-14-32-25(21-7-5-20(6-8-21)22-11-16-33-18-22)26(29)28-13-10-19-4-9-23(31-15-12-27)24(17-19)30-2/h1,4-9,11,16-18,25H,10,13-15H2,2H3,(H,28,29). The average molecular weight is 461 g/mol. The number of hydrogen-bond donors (Lipinski definition) is 1. The van der Waals surface area contributed by atoms with Crippen molar-refractivity contribution in [3.05, 3.63) is 70.4 Å². The van der Waals surface area contributed by atoms with Crippen LogP contribution in [0.25, 0.3) is 11.1 Å². The molecule has 0 aliphatic heterocycles. The van der Waals surface area contributed by atoms with Gasteiger partial charge in [-0.25, -0.2) is 0 Å². The minimum Gasteiger partial charge on any atom is -0.493 e. The molecule has 1 atom stereocenters. The number of nitrogens with one attached hydrogen (secondary N) is 1. The van der Waals surface area contributed by atoms with Gasteiger partial charge in [-0.05, 0) is 57.6 Å². The van der Waals surface area contributed by atoms with Crippen molar-refractivity contribution < 1.29 is 19.0 Å². The Morgan fingerprint density at radius 3 is 2.61 bits per heavy atom. The molecule has 0 radical (unpaired) electrons. The summed E-state index contributed by atoms with van der Waals surface area (Å²) < 4.78 is 16.3. The summed E-state index contributed by atoms with van der Waals surface area (Å²) in [5.41, 5.74) is 3.91. The predicted octanol–water partition coefficient (Wildman–Crippen LogP) is 4.38. The molecular formula is C26H24N2O4S. The number of rotatable bonds is 11. The van der Waals surface area contributed by atoms with Crippen LogP contribution in [0.2, 0.25) is 0 Å². The molecule has 3 aromatic rings. The van der Waals surface area contributed by atoms with Crippen molar-refractivity contribution in [3.63, 3.8) is 0 Å². The molecular weight excluding hydrogens is 436 g/mol. The van der Waals surface area contributed by atoms with Crippen LogP contribution >= 0.6 is 11.3 Å². The van der Waals surface area contributed by atoms with Gasteiger partial charge in [0.25, 0.3) is 5.91 Å². The van der Waals surface area contributed by atoms with E-state index in [4.69, 9.17) is 25.9 Å². The number of methoxy groups -OCH3 is 1. The molecule has 1 amide bonds. The lowest BCUT2D eigenvalue weighted by molar-refractivity contribution is -0.132. The van der Waals surface area contributed by atoms with Gasteiger partial charge in [0.1, 0.15) is 12.7 Å². The summed E-state index contributed by atoms with van der Waals surface area (Å²) in [7, 11) is 1.54. The summed E-state index contributed by atoms with van der Waals surface area (Å²) in [6.45, 7) is 0.383. The zero-order valence-corrected chi connectivity index (χ0v) is 19.1. The van der Waals surface area contributed by atoms with Gasteiger partial charge in [-0.15, -0.1) is 6.42 Å². The highest BCUT2D eigenvalue weighted by molar-refractivity contribution is 7.08. The quantitative estimate of drug-likeness (QED) is 0.430. The van der Waals surface area contributed by atoms with Crippen molar-refractivity contribution in [2.75, 3.05) is 26.9 Å². The van der Waals surface area contributed by atoms with Gasteiger partial charge >= 0.3 is 0 Å². The molecule has 33 heavy (non-hydrogen) atoms. The number of thiophene rings is 1. The third-order valence-electron chi connectivity index (χ3n) is 4.87. The number of ether oxygens (including phenoxy) is 3. The fourth-order valence-corrected chi connectivity index (χ4v) is 3.92. The second-order valence-corrected chi connectivity index (χ2v) is 7.78. The molecule has 0 aliphatic carbocycles. The minimum absolute atomic E-state index is 0.0335. The molecule has 1 unspecified atom stereocenters. The first kappa shape index (κ1) is 23.9. The van der Waals surface area contributed by atoms with Crippen LogP contribution in [0.3, 0.4) is 0 Å². The van der Waals surface area contributed by atoms with Crippen molar-refractivity contribution >= 4 is 17.2 Å². The molecule has 0 spiro atoms. The Hall–Kier alpha value is -3.78. The van der Waals surface area contributed by atoms with Gasteiger partial charge < -0.3 is 19.5 Å². The summed E-state index contributed by atoms with van der Waals surface area (Å²) in [4.78, 5) is 12.9. The fraction of sp³-hybridized carbons (Fsp3) is 0.231. The number of nitrogens with zero attached hydrogens (tertiary/aromatic N) is 1. The number of terminal acetylenes is 1. The van der Waals surface area contributed by atoms with E-state index in [0.29, 0.717) is 24.5 Å². The number of nitriles is 1. The third kappa shape index (κ3) is 6.60. The van der Waals surface area contributed by atoms with E-state index < -0.39 is 6.10 Å². The Morgan fingerprint density at radius 2 is 1.94 bits per heavy atom. The Bertz CT molecular complexity index is 1130. The normalized spacial score (nSPS) is 11.1. The molecule has 3 rings (SSSR count). The van der Waals surface area contributed by atoms with E-state index in [1.807, 2.05) is 47.8 Å². The highest BCUT2D eigenvalue weighted by Gasteiger charge is 2.21. The van der Waals surface area contributed by atoms with Crippen LogP contribution in [0, 0.1) is 23.7 Å². The molecule has 0 bridgehead atoms. The molecule has 6 nitrogen and oxygen atoms in total. The minimum atomic E-state index is -0.797. The lowest BCUT2D eigenvalue weighted by atomic mass is 10.0. The van der Waals surface area contributed by atoms with Gasteiger partial charge in [0.15, 0.2) is 24.2 Å². The maximum Gasteiger partial charge on any atom is 0.253 e. The van der Waals surface area contributed by atoms with Crippen LogP contribution in [-0.4, -0.2) is 32.8 Å². The maximum atomic E-state index is 12.9. The molecule has 168 valence electrons. The van der Waals surface area contributed by atoms with Crippen molar-refractivity contribution in [3.8, 4) is 41.0 Å². The Labute approximate surface area is 197 Å². The first-order valence-corrected chi connectivity index (χ1v) is 11.2. The second kappa shape index (κ2) is 12.3. The van der Waals surface area contributed by atoms with Gasteiger partial charge in [0, 0.05) is 6.54 Å². The van der Waals surface area contributed by atoms with Gasteiger partial charge in [-0.3, -0.25) is 4.79 Å². The SMILES string of the molecule is C#CCOC(C(=O)NCCc1ccc(OCC#N)c(OC)c1)c1ccc(-c2ccsc2)cc1. The van der Waals surface area contributed by atoms with Crippen LogP contribution in [0.15, 0.2) is 59.3 Å². The van der Waals surface area contributed by atoms with Gasteiger partial charge in [-0.2, -0.15) is 16.6 Å². The van der Waals surface area contributed by atoms with E-state index in [1.54, 1.807) is 17.4 Å². The first-order chi connectivity index (χ1) is 16.2. The Morgan fingerprint density at radius 1 is 1.12 bits per heavy atom. The first-order valence-electron chi connectivity index (χ1n) is 10.3. The lowest BCUT2D eigenvalue weighted by Crippen LogP contribution is -2.32. The summed E-state index contributed by atoms with van der Waals surface area (Å²) in [6, 6.07) is 17.1. The molecule has 0 fully saturated rings. The molecule has 1 N–H and O–H groups in total. The van der Waals surface area contributed by atoms with Crippen molar-refractivity contribution in [2.45, 2.75) is 12.5 Å². The van der Waals surface area contributed by atoms with E-state index in [2.05, 4.69) is 22.7 Å². The van der Waals surface area contributed by atoms with E-state index >= 15 is 0 Å². The van der Waals surface area contributed by atoms with Crippen molar-refractivity contribution in [2.24, 2.45) is 0 Å². The topological polar surface area (TPSA) is 80.6 Å². The maximum absolute atomic E-state index is 12.9. The largest absolute Gasteiger partial charge is 0.493 e. The van der Waals surface area contributed by atoms with Crippen LogP contribution in [0.5, 0.6) is 11.5 Å². The summed E-state index contributed by atoms with van der Waals surface area (Å²) in [6.07, 6.45) is 5.13. The highest BCUT2D eigenvalue weighted by Crippen LogP contribution is 2.28. The molecule has 0 aliphatic rings. The molecule has 0 saturated heterocycles. The molecule has 1 heterocycles. The van der Waals surface area contributed by atoms with Gasteiger partial charge in [0.2, 0.25) is 0 Å². The zero-order chi connectivity index (χ0) is 23.5. The number of hydrogen-bond acceptors (Lipinski definition) is 6. The second-order valence-electron chi connectivity index (χ2n) is 7.00. The zero-order valence-electron chi connectivity index (χ0n) is 18.2. The highest BCUT2D eigenvalue weighted by atomic mass is 32.1. The lowest BCUT2D eigenvalue weighted by Gasteiger charge is -2.17. The van der Waals surface area contributed by atoms with Crippen molar-refractivity contribution in [1.29, 1.82) is 5.26 Å². The van der Waals surface area contributed by atoms with Crippen molar-refractivity contribution in [1.82, 2.24) is 5.32 Å². The third-order valence-corrected chi connectivity index (χ3v) is 5.56. The van der Waals surface area contributed by atoms with E-state index in [9.17, 15) is 4.79 Å². The van der Waals surface area contributed by atoms with Gasteiger partial charge in [0.05, 0.1) is 7.11 Å². The summed E-state index contributed by atoms with van der Waals surface area (Å²) in [5, 5.41) is 15.7. The number of amides is 1. The van der Waals surface area contributed by atoms with E-state index in [1.165, 1.54) is 7.11 Å². The predicted molar refractivity (Wildman–Crippen MR) is 128 cm³/mol. The van der Waals surface area contributed by atoms with Crippen LogP contribution in [-0.2, 0) is 16.0 Å².